The Hall–Kier alpha value is -0.910. The van der Waals surface area contributed by atoms with Crippen molar-refractivity contribution in [2.45, 2.75) is 6.43 Å². The first-order valence-electron chi connectivity index (χ1n) is 3.31. The van der Waals surface area contributed by atoms with E-state index in [2.05, 4.69) is 20.7 Å². The van der Waals surface area contributed by atoms with Crippen molar-refractivity contribution >= 4 is 15.9 Å². The van der Waals surface area contributed by atoms with Crippen molar-refractivity contribution in [1.82, 2.24) is 4.98 Å². The van der Waals surface area contributed by atoms with Gasteiger partial charge in [0.15, 0.2) is 5.75 Å². The molecule has 13 heavy (non-hydrogen) atoms. The molecule has 0 fully saturated rings. The molecule has 0 atom stereocenters. The first-order chi connectivity index (χ1) is 6.06. The van der Waals surface area contributed by atoms with Crippen LogP contribution in [-0.2, 0) is 0 Å². The molecule has 0 radical (unpaired) electrons. The fourth-order valence-corrected chi connectivity index (χ4v) is 1.29. The average Bonchev–Trinajstić information content (AvgIpc) is 2.07. The number of alkyl halides is 2. The van der Waals surface area contributed by atoms with Crippen LogP contribution in [-0.4, -0.2) is 12.1 Å². The summed E-state index contributed by atoms with van der Waals surface area (Å²) in [4.78, 5) is 13.0. The molecule has 0 saturated heterocycles. The van der Waals surface area contributed by atoms with Crippen LogP contribution in [0.1, 0.15) is 12.1 Å². The molecule has 3 nitrogen and oxygen atoms in total. The van der Waals surface area contributed by atoms with Gasteiger partial charge in [-0.3, -0.25) is 4.79 Å². The van der Waals surface area contributed by atoms with Gasteiger partial charge in [0.2, 0.25) is 0 Å². The molecule has 72 valence electrons. The number of halogens is 3. The fraction of sp³-hybridized carbons (Fsp3) is 0.286. The van der Waals surface area contributed by atoms with E-state index in [4.69, 9.17) is 0 Å². The van der Waals surface area contributed by atoms with Crippen molar-refractivity contribution in [1.29, 1.82) is 0 Å². The van der Waals surface area contributed by atoms with Crippen molar-refractivity contribution in [3.05, 3.63) is 26.6 Å². The number of aromatic amines is 1. The third kappa shape index (κ3) is 2.06. The molecule has 1 aromatic heterocycles. The van der Waals surface area contributed by atoms with Gasteiger partial charge in [-0.2, -0.15) is 0 Å². The molecule has 0 aliphatic carbocycles. The molecule has 6 heteroatoms. The quantitative estimate of drug-likeness (QED) is 0.877. The Labute approximate surface area is 80.9 Å². The van der Waals surface area contributed by atoms with E-state index >= 15 is 0 Å². The van der Waals surface area contributed by atoms with Crippen LogP contribution in [0.5, 0.6) is 5.75 Å². The molecule has 0 aromatic carbocycles. The summed E-state index contributed by atoms with van der Waals surface area (Å²) in [5, 5.41) is 0. The lowest BCUT2D eigenvalue weighted by molar-refractivity contribution is 0.144. The van der Waals surface area contributed by atoms with E-state index < -0.39 is 17.7 Å². The van der Waals surface area contributed by atoms with Crippen LogP contribution in [0.2, 0.25) is 0 Å². The number of pyridine rings is 1. The lowest BCUT2D eigenvalue weighted by Crippen LogP contribution is -2.12. The zero-order valence-corrected chi connectivity index (χ0v) is 8.19. The van der Waals surface area contributed by atoms with E-state index in [-0.39, 0.29) is 10.2 Å². The van der Waals surface area contributed by atoms with Gasteiger partial charge < -0.3 is 9.72 Å². The van der Waals surface area contributed by atoms with Crippen molar-refractivity contribution in [3.8, 4) is 5.75 Å². The van der Waals surface area contributed by atoms with E-state index in [0.717, 1.165) is 0 Å². The summed E-state index contributed by atoms with van der Waals surface area (Å²) in [6, 6.07) is 1.21. The summed E-state index contributed by atoms with van der Waals surface area (Å²) in [5.74, 6) is -0.00345. The smallest absolute Gasteiger partial charge is 0.290 e. The van der Waals surface area contributed by atoms with E-state index in [1.54, 1.807) is 0 Å². The highest BCUT2D eigenvalue weighted by Gasteiger charge is 2.14. The van der Waals surface area contributed by atoms with E-state index in [1.165, 1.54) is 13.2 Å². The summed E-state index contributed by atoms with van der Waals surface area (Å²) in [5.41, 5.74) is -1.10. The van der Waals surface area contributed by atoms with Gasteiger partial charge in [-0.25, -0.2) is 8.78 Å². The second kappa shape index (κ2) is 3.87. The minimum absolute atomic E-state index is 0.00345. The van der Waals surface area contributed by atoms with Gasteiger partial charge in [0.25, 0.3) is 12.0 Å². The van der Waals surface area contributed by atoms with Crippen LogP contribution in [0.25, 0.3) is 0 Å². The molecule has 0 aliphatic rings. The molecular weight excluding hydrogens is 248 g/mol. The van der Waals surface area contributed by atoms with Crippen molar-refractivity contribution < 1.29 is 13.5 Å². The average molecular weight is 254 g/mol. The summed E-state index contributed by atoms with van der Waals surface area (Å²) in [6.45, 7) is 0. The third-order valence-electron chi connectivity index (χ3n) is 1.43. The number of aromatic nitrogens is 1. The summed E-state index contributed by atoms with van der Waals surface area (Å²) in [6.07, 6.45) is -2.71. The monoisotopic (exact) mass is 253 g/mol. The van der Waals surface area contributed by atoms with Crippen LogP contribution < -0.4 is 10.3 Å². The van der Waals surface area contributed by atoms with Gasteiger partial charge in [0.1, 0.15) is 0 Å². The van der Waals surface area contributed by atoms with Crippen LogP contribution in [0.15, 0.2) is 15.3 Å². The molecule has 0 aliphatic heterocycles. The van der Waals surface area contributed by atoms with Crippen LogP contribution >= 0.6 is 15.9 Å². The van der Waals surface area contributed by atoms with Gasteiger partial charge in [-0.15, -0.1) is 0 Å². The Morgan fingerprint density at radius 3 is 2.69 bits per heavy atom. The molecule has 1 heterocycles. The largest absolute Gasteiger partial charge is 0.491 e. The highest BCUT2D eigenvalue weighted by molar-refractivity contribution is 9.10. The summed E-state index contributed by atoms with van der Waals surface area (Å²) >= 11 is 2.89. The second-order valence-electron chi connectivity index (χ2n) is 2.23. The highest BCUT2D eigenvalue weighted by Crippen LogP contribution is 2.25. The number of H-pyrrole nitrogens is 1. The second-order valence-corrected chi connectivity index (χ2v) is 3.08. The minimum atomic E-state index is -2.71. The number of methoxy groups -OCH3 is 1. The van der Waals surface area contributed by atoms with Gasteiger partial charge in [-0.1, -0.05) is 0 Å². The third-order valence-corrected chi connectivity index (χ3v) is 2.08. The maximum atomic E-state index is 12.2. The molecular formula is C7H6BrF2NO2. The normalized spacial score (nSPS) is 10.5. The summed E-state index contributed by atoms with van der Waals surface area (Å²) < 4.78 is 29.2. The zero-order valence-electron chi connectivity index (χ0n) is 6.61. The van der Waals surface area contributed by atoms with Crippen LogP contribution in [0.4, 0.5) is 8.78 Å². The standard InChI is InChI=1S/C7H6BrF2NO2/c1-13-4-2-3(8)5(6(9)10)11-7(4)12/h2,6H,1H3,(H,11,12). The molecule has 0 saturated carbocycles. The van der Waals surface area contributed by atoms with Gasteiger partial charge >= 0.3 is 0 Å². The van der Waals surface area contributed by atoms with Crippen molar-refractivity contribution in [2.75, 3.05) is 7.11 Å². The number of hydrogen-bond donors (Lipinski definition) is 1. The SMILES string of the molecule is COc1cc(Br)c(C(F)F)[nH]c1=O. The van der Waals surface area contributed by atoms with E-state index in [0.29, 0.717) is 0 Å². The Kier molecular flexibility index (Phi) is 3.02. The van der Waals surface area contributed by atoms with E-state index in [9.17, 15) is 13.6 Å². The molecule has 0 spiro atoms. The van der Waals surface area contributed by atoms with Gasteiger partial charge in [0, 0.05) is 10.5 Å². The molecule has 0 unspecified atom stereocenters. The predicted octanol–water partition coefficient (Wildman–Crippen LogP) is 2.08. The minimum Gasteiger partial charge on any atom is -0.491 e. The lowest BCUT2D eigenvalue weighted by Gasteiger charge is -2.04. The maximum absolute atomic E-state index is 12.2. The zero-order chi connectivity index (χ0) is 10.0. The predicted molar refractivity (Wildman–Crippen MR) is 46.3 cm³/mol. The lowest BCUT2D eigenvalue weighted by atomic mass is 10.3. The van der Waals surface area contributed by atoms with Crippen molar-refractivity contribution in [2.24, 2.45) is 0 Å². The number of nitrogens with one attached hydrogen (secondary N) is 1. The Morgan fingerprint density at radius 1 is 1.62 bits per heavy atom. The number of ether oxygens (including phenoxy) is 1. The van der Waals surface area contributed by atoms with Crippen molar-refractivity contribution in [3.63, 3.8) is 0 Å². The topological polar surface area (TPSA) is 42.1 Å². The molecule has 0 bridgehead atoms. The number of hydrogen-bond acceptors (Lipinski definition) is 2. The molecule has 0 amide bonds. The van der Waals surface area contributed by atoms with E-state index in [1.807, 2.05) is 4.98 Å². The van der Waals surface area contributed by atoms with Crippen LogP contribution in [0, 0.1) is 0 Å². The fourth-order valence-electron chi connectivity index (χ4n) is 0.812. The Balaban J connectivity index is 3.29. The maximum Gasteiger partial charge on any atom is 0.290 e. The van der Waals surface area contributed by atoms with Gasteiger partial charge in [0.05, 0.1) is 12.8 Å². The molecule has 1 aromatic rings. The first-order valence-corrected chi connectivity index (χ1v) is 4.10. The Morgan fingerprint density at radius 2 is 2.23 bits per heavy atom. The molecule has 1 N–H and O–H groups in total. The summed E-state index contributed by atoms with van der Waals surface area (Å²) in [7, 11) is 1.29. The Bertz CT molecular complexity index is 364. The number of rotatable bonds is 2. The highest BCUT2D eigenvalue weighted by atomic mass is 79.9. The van der Waals surface area contributed by atoms with Crippen LogP contribution in [0.3, 0.4) is 0 Å². The van der Waals surface area contributed by atoms with Gasteiger partial charge in [-0.05, 0) is 15.9 Å². The first kappa shape index (κ1) is 10.2. The molecule has 1 rings (SSSR count).